The Morgan fingerprint density at radius 2 is 1.85 bits per heavy atom. The highest BCUT2D eigenvalue weighted by molar-refractivity contribution is 5.86. The molecule has 1 aliphatic carbocycles. The van der Waals surface area contributed by atoms with Gasteiger partial charge in [-0.3, -0.25) is 19.9 Å². The predicted octanol–water partition coefficient (Wildman–Crippen LogP) is 2.49. The van der Waals surface area contributed by atoms with Gasteiger partial charge in [0.05, 0.1) is 18.6 Å². The first-order valence-corrected chi connectivity index (χ1v) is 13.2. The number of likely N-dealkylation sites (N-methyl/N-ethyl adjacent to an activating group) is 1. The molecule has 1 unspecified atom stereocenters. The first-order chi connectivity index (χ1) is 16.3. The first kappa shape index (κ1) is 26.7. The number of nitrogens with zero attached hydrogens (tertiary/aromatic N) is 3. The summed E-state index contributed by atoms with van der Waals surface area (Å²) in [5.74, 6) is -0.201. The van der Waals surface area contributed by atoms with Crippen molar-refractivity contribution in [3.05, 3.63) is 0 Å². The van der Waals surface area contributed by atoms with E-state index in [1.54, 1.807) is 0 Å². The minimum Gasteiger partial charge on any atom is -0.481 e. The maximum Gasteiger partial charge on any atom is 0.305 e. The van der Waals surface area contributed by atoms with Gasteiger partial charge < -0.3 is 25.4 Å². The van der Waals surface area contributed by atoms with Crippen LogP contribution in [0.3, 0.4) is 0 Å². The molecule has 34 heavy (non-hydrogen) atoms. The zero-order valence-electron chi connectivity index (χ0n) is 21.1. The van der Waals surface area contributed by atoms with Gasteiger partial charge in [0.2, 0.25) is 5.91 Å². The fourth-order valence-electron chi connectivity index (χ4n) is 6.01. The lowest BCUT2D eigenvalue weighted by Crippen LogP contribution is -2.56. The van der Waals surface area contributed by atoms with Gasteiger partial charge in [0.25, 0.3) is 0 Å². The van der Waals surface area contributed by atoms with Gasteiger partial charge in [-0.15, -0.1) is 0 Å². The van der Waals surface area contributed by atoms with Crippen LogP contribution >= 0.6 is 0 Å². The monoisotopic (exact) mass is 479 g/mol. The molecule has 0 radical (unpaired) electrons. The normalized spacial score (nSPS) is 27.6. The minimum absolute atomic E-state index is 0.0254. The lowest BCUT2D eigenvalue weighted by molar-refractivity contribution is -0.149. The Morgan fingerprint density at radius 3 is 2.50 bits per heavy atom. The highest BCUT2D eigenvalue weighted by Crippen LogP contribution is 2.30. The number of aliphatic carboxylic acids is 1. The van der Waals surface area contributed by atoms with Crippen molar-refractivity contribution < 1.29 is 19.4 Å². The molecule has 4 N–H and O–H groups in total. The largest absolute Gasteiger partial charge is 0.481 e. The third kappa shape index (κ3) is 7.31. The van der Waals surface area contributed by atoms with Crippen molar-refractivity contribution in [2.24, 2.45) is 11.7 Å². The van der Waals surface area contributed by atoms with Gasteiger partial charge >= 0.3 is 5.97 Å². The maximum absolute atomic E-state index is 13.7. The number of ether oxygens (including phenoxy) is 1. The lowest BCUT2D eigenvalue weighted by atomic mass is 9.85. The molecule has 0 bridgehead atoms. The number of rotatable bonds is 9. The number of carbonyl (C=O) groups excluding carboxylic acids is 1. The molecule has 3 fully saturated rings. The summed E-state index contributed by atoms with van der Waals surface area (Å²) in [5, 5.41) is 17.1. The quantitative estimate of drug-likeness (QED) is 0.343. The van der Waals surface area contributed by atoms with Crippen molar-refractivity contribution in [3.8, 4) is 0 Å². The van der Waals surface area contributed by atoms with Crippen molar-refractivity contribution in [1.29, 1.82) is 5.41 Å². The van der Waals surface area contributed by atoms with Gasteiger partial charge in [-0.05, 0) is 64.3 Å². The third-order valence-corrected chi connectivity index (χ3v) is 8.13. The molecule has 9 nitrogen and oxygen atoms in total. The van der Waals surface area contributed by atoms with Crippen LogP contribution in [0.15, 0.2) is 0 Å². The molecular formula is C25H45N5O4. The van der Waals surface area contributed by atoms with Crippen molar-refractivity contribution in [3.63, 3.8) is 0 Å². The van der Waals surface area contributed by atoms with Crippen molar-refractivity contribution in [2.75, 3.05) is 33.3 Å². The van der Waals surface area contributed by atoms with E-state index in [0.29, 0.717) is 19.1 Å². The first-order valence-electron chi connectivity index (χ1n) is 13.2. The Balaban J connectivity index is 1.57. The number of guanidine groups is 1. The summed E-state index contributed by atoms with van der Waals surface area (Å²) in [5.41, 5.74) is 5.57. The number of likely N-dealkylation sites (tertiary alicyclic amines) is 2. The lowest BCUT2D eigenvalue weighted by Gasteiger charge is -2.43. The molecule has 3 rings (SSSR count). The molecule has 1 saturated carbocycles. The van der Waals surface area contributed by atoms with Crippen molar-refractivity contribution >= 4 is 17.8 Å². The average Bonchev–Trinajstić information content (AvgIpc) is 2.82. The van der Waals surface area contributed by atoms with Crippen LogP contribution in [-0.4, -0.2) is 95.2 Å². The molecule has 3 aliphatic rings. The predicted molar refractivity (Wildman–Crippen MR) is 132 cm³/mol. The van der Waals surface area contributed by atoms with Gasteiger partial charge in [0, 0.05) is 38.3 Å². The van der Waals surface area contributed by atoms with E-state index in [1.165, 1.54) is 6.42 Å². The number of piperidine rings is 2. The van der Waals surface area contributed by atoms with E-state index in [4.69, 9.17) is 15.9 Å². The van der Waals surface area contributed by atoms with Gasteiger partial charge in [-0.2, -0.15) is 0 Å². The Bertz CT molecular complexity index is 697. The smallest absolute Gasteiger partial charge is 0.305 e. The van der Waals surface area contributed by atoms with Crippen LogP contribution in [0.4, 0.5) is 0 Å². The molecule has 2 saturated heterocycles. The molecule has 9 heteroatoms. The summed E-state index contributed by atoms with van der Waals surface area (Å²) >= 11 is 0. The van der Waals surface area contributed by atoms with Crippen LogP contribution in [0.2, 0.25) is 0 Å². The van der Waals surface area contributed by atoms with Gasteiger partial charge in [-0.25, -0.2) is 0 Å². The van der Waals surface area contributed by atoms with Crippen LogP contribution < -0.4 is 5.73 Å². The third-order valence-electron chi connectivity index (χ3n) is 8.13. The van der Waals surface area contributed by atoms with Crippen LogP contribution in [-0.2, 0) is 14.3 Å². The highest BCUT2D eigenvalue weighted by atomic mass is 16.5. The molecule has 0 aromatic heterocycles. The topological polar surface area (TPSA) is 123 Å². The maximum atomic E-state index is 13.7. The van der Waals surface area contributed by atoms with E-state index in [2.05, 4.69) is 11.8 Å². The average molecular weight is 480 g/mol. The van der Waals surface area contributed by atoms with Gasteiger partial charge in [-0.1, -0.05) is 19.8 Å². The summed E-state index contributed by atoms with van der Waals surface area (Å²) in [6, 6.07) is -0.233. The number of nitrogens with two attached hydrogens (primary N) is 1. The van der Waals surface area contributed by atoms with Crippen LogP contribution in [0.1, 0.15) is 77.6 Å². The Kier molecular flexibility index (Phi) is 10.0. The van der Waals surface area contributed by atoms with Gasteiger partial charge in [0.15, 0.2) is 5.96 Å². The van der Waals surface area contributed by atoms with E-state index < -0.39 is 12.0 Å². The minimum atomic E-state index is -0.914. The number of carbonyl (C=O) groups is 2. The number of carboxylic acid groups (broad SMARTS) is 1. The number of nitrogens with one attached hydrogen (secondary N) is 1. The Hall–Kier alpha value is -1.87. The number of carboxylic acids is 1. The molecule has 0 aromatic rings. The highest BCUT2D eigenvalue weighted by Gasteiger charge is 2.38. The van der Waals surface area contributed by atoms with Crippen molar-refractivity contribution in [2.45, 2.75) is 102 Å². The van der Waals surface area contributed by atoms with E-state index in [1.807, 2.05) is 16.8 Å². The molecule has 1 amide bonds. The van der Waals surface area contributed by atoms with E-state index >= 15 is 0 Å². The molecule has 0 spiro atoms. The second-order valence-corrected chi connectivity index (χ2v) is 10.6. The molecule has 2 aliphatic heterocycles. The standard InChI is InChI=1S/C25H45N5O4/c1-18-6-5-8-20(16-18)28(2)22(17-23(31)32)24(33)30-12-4-3-7-19(30)11-15-34-21-9-13-29(14-10-21)25(26)27/h18-22H,3-17H2,1-2H3,(H3,26,27)(H,31,32)/t18-,19+,20?,22+/m1/s1. The van der Waals surface area contributed by atoms with Crippen LogP contribution in [0.25, 0.3) is 0 Å². The zero-order chi connectivity index (χ0) is 24.7. The van der Waals surface area contributed by atoms with E-state index in [0.717, 1.165) is 70.9 Å². The summed E-state index contributed by atoms with van der Waals surface area (Å²) in [6.07, 6.45) is 9.94. The SMILES string of the molecule is C[C@@H]1CCCC(N(C)[C@@H](CC(=O)O)C(=O)N2CCCC[C@H]2CCOC2CCN(C(=N)N)CC2)C1. The van der Waals surface area contributed by atoms with Crippen LogP contribution in [0, 0.1) is 11.3 Å². The number of hydrogen-bond donors (Lipinski definition) is 3. The van der Waals surface area contributed by atoms with E-state index in [9.17, 15) is 14.7 Å². The summed E-state index contributed by atoms with van der Waals surface area (Å²) in [6.45, 7) is 5.04. The summed E-state index contributed by atoms with van der Waals surface area (Å²) in [7, 11) is 1.95. The molecule has 0 aromatic carbocycles. The Morgan fingerprint density at radius 1 is 1.12 bits per heavy atom. The molecule has 4 atom stereocenters. The summed E-state index contributed by atoms with van der Waals surface area (Å²) < 4.78 is 6.14. The number of hydrogen-bond acceptors (Lipinski definition) is 5. The Labute approximate surface area is 204 Å². The molecular weight excluding hydrogens is 434 g/mol. The number of amides is 1. The summed E-state index contributed by atoms with van der Waals surface area (Å²) in [4.78, 5) is 31.3. The molecule has 194 valence electrons. The van der Waals surface area contributed by atoms with E-state index in [-0.39, 0.29) is 36.5 Å². The zero-order valence-corrected chi connectivity index (χ0v) is 21.1. The van der Waals surface area contributed by atoms with Crippen LogP contribution in [0.5, 0.6) is 0 Å². The fourth-order valence-corrected chi connectivity index (χ4v) is 6.01. The second kappa shape index (κ2) is 12.7. The van der Waals surface area contributed by atoms with Gasteiger partial charge in [0.1, 0.15) is 0 Å². The molecule has 2 heterocycles. The van der Waals surface area contributed by atoms with Crippen molar-refractivity contribution in [1.82, 2.24) is 14.7 Å². The second-order valence-electron chi connectivity index (χ2n) is 10.6. The fraction of sp³-hybridized carbons (Fsp3) is 0.880.